The van der Waals surface area contributed by atoms with Gasteiger partial charge in [0.1, 0.15) is 0 Å². The van der Waals surface area contributed by atoms with Crippen molar-refractivity contribution in [1.29, 1.82) is 0 Å². The molecular formula is C16H25BrN2. The molecule has 106 valence electrons. The zero-order valence-electron chi connectivity index (χ0n) is 12.4. The van der Waals surface area contributed by atoms with Crippen LogP contribution in [0.4, 0.5) is 5.69 Å². The van der Waals surface area contributed by atoms with Crippen molar-refractivity contribution in [2.45, 2.75) is 46.2 Å². The van der Waals surface area contributed by atoms with Crippen molar-refractivity contribution in [1.82, 2.24) is 5.32 Å². The van der Waals surface area contributed by atoms with Crippen LogP contribution < -0.4 is 10.2 Å². The molecule has 3 heteroatoms. The van der Waals surface area contributed by atoms with Gasteiger partial charge in [0.2, 0.25) is 0 Å². The quantitative estimate of drug-likeness (QED) is 0.905. The Labute approximate surface area is 125 Å². The lowest BCUT2D eigenvalue weighted by molar-refractivity contribution is 0.356. The lowest BCUT2D eigenvalue weighted by atomic mass is 9.99. The first kappa shape index (κ1) is 14.9. The maximum atomic E-state index is 3.67. The van der Waals surface area contributed by atoms with Crippen molar-refractivity contribution in [3.05, 3.63) is 28.2 Å². The Morgan fingerprint density at radius 2 is 2.16 bits per heavy atom. The summed E-state index contributed by atoms with van der Waals surface area (Å²) in [5.41, 5.74) is 2.63. The highest BCUT2D eigenvalue weighted by molar-refractivity contribution is 9.10. The summed E-state index contributed by atoms with van der Waals surface area (Å²) in [6.07, 6.45) is 1.25. The summed E-state index contributed by atoms with van der Waals surface area (Å²) in [4.78, 5) is 2.54. The van der Waals surface area contributed by atoms with Gasteiger partial charge in [0.05, 0.1) is 0 Å². The van der Waals surface area contributed by atoms with Crippen molar-refractivity contribution in [3.8, 4) is 0 Å². The minimum atomic E-state index is 0.554. The molecule has 1 N–H and O–H groups in total. The van der Waals surface area contributed by atoms with Gasteiger partial charge in [-0.25, -0.2) is 0 Å². The van der Waals surface area contributed by atoms with E-state index in [0.29, 0.717) is 12.1 Å². The molecule has 1 fully saturated rings. The number of nitrogens with one attached hydrogen (secondary N) is 1. The highest BCUT2D eigenvalue weighted by Gasteiger charge is 2.25. The van der Waals surface area contributed by atoms with E-state index in [1.807, 2.05) is 0 Å². The Morgan fingerprint density at radius 3 is 2.79 bits per heavy atom. The van der Waals surface area contributed by atoms with E-state index in [2.05, 4.69) is 72.0 Å². The average molecular weight is 325 g/mol. The summed E-state index contributed by atoms with van der Waals surface area (Å²) in [7, 11) is 0. The molecule has 0 radical (unpaired) electrons. The van der Waals surface area contributed by atoms with Crippen molar-refractivity contribution >= 4 is 21.6 Å². The van der Waals surface area contributed by atoms with Gasteiger partial charge in [-0.1, -0.05) is 35.8 Å². The number of aryl methyl sites for hydroxylation is 1. The van der Waals surface area contributed by atoms with Crippen LogP contribution in [0.25, 0.3) is 0 Å². The Bertz CT molecular complexity index is 431. The van der Waals surface area contributed by atoms with Gasteiger partial charge in [0.15, 0.2) is 0 Å². The van der Waals surface area contributed by atoms with Crippen LogP contribution in [0.5, 0.6) is 0 Å². The molecule has 0 amide bonds. The second-order valence-electron chi connectivity index (χ2n) is 6.17. The molecule has 1 aromatic carbocycles. The third-order valence-electron chi connectivity index (χ3n) is 3.89. The van der Waals surface area contributed by atoms with E-state index in [1.54, 1.807) is 0 Å². The molecule has 0 aliphatic carbocycles. The van der Waals surface area contributed by atoms with E-state index < -0.39 is 0 Å². The predicted octanol–water partition coefficient (Wildman–Crippen LogP) is 3.97. The highest BCUT2D eigenvalue weighted by Crippen LogP contribution is 2.27. The summed E-state index contributed by atoms with van der Waals surface area (Å²) < 4.78 is 1.20. The largest absolute Gasteiger partial charge is 0.366 e. The number of hydrogen-bond acceptors (Lipinski definition) is 2. The van der Waals surface area contributed by atoms with Gasteiger partial charge < -0.3 is 10.2 Å². The number of rotatable bonds is 3. The maximum Gasteiger partial charge on any atom is 0.0387 e. The smallest absolute Gasteiger partial charge is 0.0387 e. The number of halogens is 1. The average Bonchev–Trinajstić information content (AvgIpc) is 2.34. The van der Waals surface area contributed by atoms with Crippen LogP contribution >= 0.6 is 15.9 Å². The normalized spacial score (nSPS) is 24.0. The predicted molar refractivity (Wildman–Crippen MR) is 86.9 cm³/mol. The van der Waals surface area contributed by atoms with Crippen molar-refractivity contribution in [2.24, 2.45) is 5.92 Å². The maximum absolute atomic E-state index is 3.67. The molecule has 2 rings (SSSR count). The molecule has 1 aliphatic rings. The van der Waals surface area contributed by atoms with Crippen LogP contribution in [-0.4, -0.2) is 25.2 Å². The fraction of sp³-hybridized carbons (Fsp3) is 0.625. The minimum Gasteiger partial charge on any atom is -0.366 e. The van der Waals surface area contributed by atoms with Crippen LogP contribution in [0.15, 0.2) is 22.7 Å². The van der Waals surface area contributed by atoms with Gasteiger partial charge in [0, 0.05) is 35.3 Å². The van der Waals surface area contributed by atoms with Gasteiger partial charge >= 0.3 is 0 Å². The Balaban J connectivity index is 2.14. The van der Waals surface area contributed by atoms with E-state index in [9.17, 15) is 0 Å². The van der Waals surface area contributed by atoms with Crippen LogP contribution in [0.3, 0.4) is 0 Å². The molecule has 2 atom stereocenters. The molecule has 0 spiro atoms. The Kier molecular flexibility index (Phi) is 4.91. The second kappa shape index (κ2) is 6.27. The fourth-order valence-corrected chi connectivity index (χ4v) is 3.14. The molecule has 2 nitrogen and oxygen atoms in total. The van der Waals surface area contributed by atoms with Gasteiger partial charge in [-0.05, 0) is 43.9 Å². The minimum absolute atomic E-state index is 0.554. The van der Waals surface area contributed by atoms with E-state index in [-0.39, 0.29) is 0 Å². The van der Waals surface area contributed by atoms with Crippen LogP contribution in [-0.2, 0) is 0 Å². The third kappa shape index (κ3) is 3.73. The molecule has 0 saturated carbocycles. The first-order chi connectivity index (χ1) is 8.97. The topological polar surface area (TPSA) is 15.3 Å². The van der Waals surface area contributed by atoms with Crippen molar-refractivity contribution in [2.75, 3.05) is 18.0 Å². The summed E-state index contributed by atoms with van der Waals surface area (Å²) in [6.45, 7) is 11.2. The molecule has 0 bridgehead atoms. The Hall–Kier alpha value is -0.540. The lowest BCUT2D eigenvalue weighted by Gasteiger charge is -2.41. The van der Waals surface area contributed by atoms with E-state index in [1.165, 1.54) is 22.1 Å². The SMILES string of the molecule is Cc1ccc(N2CC(CC(C)C)NCC2C)cc1Br. The lowest BCUT2D eigenvalue weighted by Crippen LogP contribution is -2.56. The van der Waals surface area contributed by atoms with Gasteiger partial charge in [0.25, 0.3) is 0 Å². The van der Waals surface area contributed by atoms with Gasteiger partial charge in [-0.2, -0.15) is 0 Å². The highest BCUT2D eigenvalue weighted by atomic mass is 79.9. The molecule has 0 aromatic heterocycles. The summed E-state index contributed by atoms with van der Waals surface area (Å²) in [6, 6.07) is 7.86. The third-order valence-corrected chi connectivity index (χ3v) is 4.75. The molecule has 1 aliphatic heterocycles. The number of hydrogen-bond donors (Lipinski definition) is 1. The van der Waals surface area contributed by atoms with Gasteiger partial charge in [-0.3, -0.25) is 0 Å². The molecule has 2 unspecified atom stereocenters. The molecule has 1 aromatic rings. The first-order valence-electron chi connectivity index (χ1n) is 7.23. The van der Waals surface area contributed by atoms with Crippen LogP contribution in [0.2, 0.25) is 0 Å². The first-order valence-corrected chi connectivity index (χ1v) is 8.03. The van der Waals surface area contributed by atoms with E-state index >= 15 is 0 Å². The Morgan fingerprint density at radius 1 is 1.42 bits per heavy atom. The number of benzene rings is 1. The molecule has 19 heavy (non-hydrogen) atoms. The monoisotopic (exact) mass is 324 g/mol. The summed E-state index contributed by atoms with van der Waals surface area (Å²) in [5.74, 6) is 0.748. The van der Waals surface area contributed by atoms with Crippen molar-refractivity contribution < 1.29 is 0 Å². The fourth-order valence-electron chi connectivity index (χ4n) is 2.78. The molecule has 1 heterocycles. The summed E-state index contributed by atoms with van der Waals surface area (Å²) >= 11 is 3.65. The van der Waals surface area contributed by atoms with E-state index in [4.69, 9.17) is 0 Å². The standard InChI is InChI=1S/C16H25BrN2/c1-11(2)7-14-10-19(13(4)9-18-14)15-6-5-12(3)16(17)8-15/h5-6,8,11,13-14,18H,7,9-10H2,1-4H3. The van der Waals surface area contributed by atoms with Crippen LogP contribution in [0.1, 0.15) is 32.8 Å². The second-order valence-corrected chi connectivity index (χ2v) is 7.02. The van der Waals surface area contributed by atoms with Crippen molar-refractivity contribution in [3.63, 3.8) is 0 Å². The van der Waals surface area contributed by atoms with Crippen LogP contribution in [0, 0.1) is 12.8 Å². The summed E-state index contributed by atoms with van der Waals surface area (Å²) in [5, 5.41) is 3.67. The molecule has 1 saturated heterocycles. The zero-order valence-corrected chi connectivity index (χ0v) is 14.0. The zero-order chi connectivity index (χ0) is 14.0. The number of nitrogens with zero attached hydrogens (tertiary/aromatic N) is 1. The van der Waals surface area contributed by atoms with Gasteiger partial charge in [-0.15, -0.1) is 0 Å². The number of piperazine rings is 1. The number of anilines is 1. The van der Waals surface area contributed by atoms with E-state index in [0.717, 1.165) is 19.0 Å². The molecular weight excluding hydrogens is 300 g/mol.